The SMILES string of the molecule is COCC(Cl)CN(C)Cc1cc(Cl)ccc1OC. The molecule has 1 aromatic carbocycles. The van der Waals surface area contributed by atoms with Gasteiger partial charge in [0.2, 0.25) is 0 Å². The van der Waals surface area contributed by atoms with E-state index < -0.39 is 0 Å². The van der Waals surface area contributed by atoms with Crippen molar-refractivity contribution in [2.24, 2.45) is 0 Å². The number of benzene rings is 1. The van der Waals surface area contributed by atoms with Crippen molar-refractivity contribution in [3.63, 3.8) is 0 Å². The van der Waals surface area contributed by atoms with E-state index in [9.17, 15) is 0 Å². The molecule has 0 saturated heterocycles. The summed E-state index contributed by atoms with van der Waals surface area (Å²) < 4.78 is 10.3. The fourth-order valence-corrected chi connectivity index (χ4v) is 2.35. The smallest absolute Gasteiger partial charge is 0.123 e. The highest BCUT2D eigenvalue weighted by Crippen LogP contribution is 2.23. The van der Waals surface area contributed by atoms with Crippen molar-refractivity contribution in [2.45, 2.75) is 11.9 Å². The van der Waals surface area contributed by atoms with E-state index in [2.05, 4.69) is 4.90 Å². The molecule has 3 nitrogen and oxygen atoms in total. The number of ether oxygens (including phenoxy) is 2. The number of hydrogen-bond acceptors (Lipinski definition) is 3. The van der Waals surface area contributed by atoms with Crippen LogP contribution in [0.2, 0.25) is 5.02 Å². The van der Waals surface area contributed by atoms with Crippen LogP contribution in [-0.2, 0) is 11.3 Å². The van der Waals surface area contributed by atoms with Crippen LogP contribution in [0.5, 0.6) is 5.75 Å². The number of nitrogens with zero attached hydrogens (tertiary/aromatic N) is 1. The van der Waals surface area contributed by atoms with Crippen LogP contribution in [0.25, 0.3) is 0 Å². The minimum absolute atomic E-state index is 0.0230. The lowest BCUT2D eigenvalue weighted by molar-refractivity contribution is 0.181. The fraction of sp³-hybridized carbons (Fsp3) is 0.538. The van der Waals surface area contributed by atoms with E-state index in [-0.39, 0.29) is 5.38 Å². The van der Waals surface area contributed by atoms with Gasteiger partial charge in [-0.25, -0.2) is 0 Å². The maximum absolute atomic E-state index is 6.12. The molecular formula is C13H19Cl2NO2. The van der Waals surface area contributed by atoms with Gasteiger partial charge in [0.1, 0.15) is 5.75 Å². The summed E-state index contributed by atoms with van der Waals surface area (Å²) in [6, 6.07) is 5.61. The number of halogens is 2. The first-order valence-corrected chi connectivity index (χ1v) is 6.52. The zero-order valence-electron chi connectivity index (χ0n) is 11.0. The molecule has 0 radical (unpaired) electrons. The predicted molar refractivity (Wildman–Crippen MR) is 75.9 cm³/mol. The Kier molecular flexibility index (Phi) is 6.79. The second kappa shape index (κ2) is 7.85. The van der Waals surface area contributed by atoms with Crippen molar-refractivity contribution in [3.8, 4) is 5.75 Å². The van der Waals surface area contributed by atoms with Gasteiger partial charge in [0, 0.05) is 30.8 Å². The summed E-state index contributed by atoms with van der Waals surface area (Å²) >= 11 is 12.1. The summed E-state index contributed by atoms with van der Waals surface area (Å²) in [6.45, 7) is 2.01. The third-order valence-corrected chi connectivity index (χ3v) is 3.04. The standard InChI is InChI=1S/C13H19Cl2NO2/c1-16(8-12(15)9-17-2)7-10-6-11(14)4-5-13(10)18-3/h4-6,12H,7-9H2,1-3H3. The number of hydrogen-bond donors (Lipinski definition) is 0. The lowest BCUT2D eigenvalue weighted by Gasteiger charge is -2.21. The summed E-state index contributed by atoms with van der Waals surface area (Å²) in [5.41, 5.74) is 1.05. The minimum atomic E-state index is -0.0230. The molecule has 0 spiro atoms. The molecule has 1 rings (SSSR count). The van der Waals surface area contributed by atoms with E-state index >= 15 is 0 Å². The molecule has 0 aromatic heterocycles. The normalized spacial score (nSPS) is 12.8. The Morgan fingerprint density at radius 2 is 2.06 bits per heavy atom. The zero-order chi connectivity index (χ0) is 13.5. The van der Waals surface area contributed by atoms with Crippen molar-refractivity contribution in [2.75, 3.05) is 34.4 Å². The molecule has 0 aliphatic carbocycles. The van der Waals surface area contributed by atoms with Gasteiger partial charge in [0.15, 0.2) is 0 Å². The maximum Gasteiger partial charge on any atom is 0.123 e. The summed E-state index contributed by atoms with van der Waals surface area (Å²) in [7, 11) is 5.31. The molecule has 0 fully saturated rings. The van der Waals surface area contributed by atoms with Gasteiger partial charge >= 0.3 is 0 Å². The van der Waals surface area contributed by atoms with E-state index in [1.807, 2.05) is 25.2 Å². The summed E-state index contributed by atoms with van der Waals surface area (Å²) in [5, 5.41) is 0.684. The molecule has 0 saturated carbocycles. The first-order valence-electron chi connectivity index (χ1n) is 5.70. The number of rotatable bonds is 7. The van der Waals surface area contributed by atoms with Crippen molar-refractivity contribution >= 4 is 23.2 Å². The Hall–Kier alpha value is -0.480. The number of methoxy groups -OCH3 is 2. The van der Waals surface area contributed by atoms with Gasteiger partial charge in [-0.2, -0.15) is 0 Å². The second-order valence-electron chi connectivity index (χ2n) is 4.21. The van der Waals surface area contributed by atoms with E-state index in [1.54, 1.807) is 14.2 Å². The predicted octanol–water partition coefficient (Wildman–Crippen LogP) is 3.03. The molecule has 0 bridgehead atoms. The maximum atomic E-state index is 6.12. The van der Waals surface area contributed by atoms with Gasteiger partial charge in [-0.15, -0.1) is 11.6 Å². The Labute approximate surface area is 119 Å². The van der Waals surface area contributed by atoms with Crippen LogP contribution >= 0.6 is 23.2 Å². The summed E-state index contributed by atoms with van der Waals surface area (Å²) in [6.07, 6.45) is 0. The molecule has 5 heteroatoms. The van der Waals surface area contributed by atoms with Gasteiger partial charge in [0.05, 0.1) is 19.1 Å². The van der Waals surface area contributed by atoms with E-state index in [0.29, 0.717) is 11.6 Å². The lowest BCUT2D eigenvalue weighted by atomic mass is 10.2. The molecule has 0 heterocycles. The highest BCUT2D eigenvalue weighted by atomic mass is 35.5. The fourth-order valence-electron chi connectivity index (χ4n) is 1.80. The monoisotopic (exact) mass is 291 g/mol. The molecule has 0 N–H and O–H groups in total. The van der Waals surface area contributed by atoms with Crippen LogP contribution in [0.3, 0.4) is 0 Å². The van der Waals surface area contributed by atoms with Gasteiger partial charge in [-0.1, -0.05) is 11.6 Å². The molecule has 0 amide bonds. The average molecular weight is 292 g/mol. The van der Waals surface area contributed by atoms with Crippen LogP contribution in [0.1, 0.15) is 5.56 Å². The second-order valence-corrected chi connectivity index (χ2v) is 5.26. The molecule has 0 aliphatic heterocycles. The van der Waals surface area contributed by atoms with E-state index in [4.69, 9.17) is 32.7 Å². The molecule has 1 atom stereocenters. The molecule has 0 aliphatic rings. The highest BCUT2D eigenvalue weighted by Gasteiger charge is 2.11. The largest absolute Gasteiger partial charge is 0.496 e. The Morgan fingerprint density at radius 1 is 1.33 bits per heavy atom. The molecule has 1 aromatic rings. The molecule has 1 unspecified atom stereocenters. The van der Waals surface area contributed by atoms with Gasteiger partial charge in [0.25, 0.3) is 0 Å². The highest BCUT2D eigenvalue weighted by molar-refractivity contribution is 6.30. The van der Waals surface area contributed by atoms with Gasteiger partial charge < -0.3 is 14.4 Å². The topological polar surface area (TPSA) is 21.7 Å². The first-order chi connectivity index (χ1) is 8.56. The Morgan fingerprint density at radius 3 is 2.67 bits per heavy atom. The van der Waals surface area contributed by atoms with Crippen molar-refractivity contribution in [1.82, 2.24) is 4.90 Å². The summed E-state index contributed by atoms with van der Waals surface area (Å²) in [5.74, 6) is 0.837. The van der Waals surface area contributed by atoms with Crippen molar-refractivity contribution in [3.05, 3.63) is 28.8 Å². The van der Waals surface area contributed by atoms with Crippen LogP contribution in [-0.4, -0.2) is 44.7 Å². The van der Waals surface area contributed by atoms with Crippen LogP contribution in [0.4, 0.5) is 0 Å². The third kappa shape index (κ3) is 5.02. The Bertz CT molecular complexity index is 374. The van der Waals surface area contributed by atoms with Gasteiger partial charge in [-0.05, 0) is 25.2 Å². The first kappa shape index (κ1) is 15.6. The third-order valence-electron chi connectivity index (χ3n) is 2.54. The minimum Gasteiger partial charge on any atom is -0.496 e. The average Bonchev–Trinajstić information content (AvgIpc) is 2.29. The quantitative estimate of drug-likeness (QED) is 0.721. The van der Waals surface area contributed by atoms with Crippen molar-refractivity contribution in [1.29, 1.82) is 0 Å². The number of alkyl halides is 1. The zero-order valence-corrected chi connectivity index (χ0v) is 12.5. The summed E-state index contributed by atoms with van der Waals surface area (Å²) in [4.78, 5) is 2.12. The molecule has 102 valence electrons. The van der Waals surface area contributed by atoms with E-state index in [1.165, 1.54) is 0 Å². The van der Waals surface area contributed by atoms with E-state index in [0.717, 1.165) is 24.4 Å². The van der Waals surface area contributed by atoms with Crippen LogP contribution < -0.4 is 4.74 Å². The molecular weight excluding hydrogens is 273 g/mol. The Balaban J connectivity index is 2.63. The van der Waals surface area contributed by atoms with Gasteiger partial charge in [-0.3, -0.25) is 0 Å². The van der Waals surface area contributed by atoms with Crippen LogP contribution in [0.15, 0.2) is 18.2 Å². The van der Waals surface area contributed by atoms with Crippen molar-refractivity contribution < 1.29 is 9.47 Å². The van der Waals surface area contributed by atoms with Crippen LogP contribution in [0, 0.1) is 0 Å². The lowest BCUT2D eigenvalue weighted by Crippen LogP contribution is -2.28. The molecule has 18 heavy (non-hydrogen) atoms.